The molecule has 1 fully saturated rings. The number of benzene rings is 2. The van der Waals surface area contributed by atoms with Crippen molar-refractivity contribution in [2.45, 2.75) is 69.9 Å². The van der Waals surface area contributed by atoms with Crippen LogP contribution in [0.3, 0.4) is 0 Å². The van der Waals surface area contributed by atoms with E-state index >= 15 is 0 Å². The largest absolute Gasteiger partial charge is 0.419 e. The molecular formula is C23H27F3O2. The minimum atomic E-state index is -4.77. The van der Waals surface area contributed by atoms with Crippen LogP contribution in [0.5, 0.6) is 0 Å². The lowest BCUT2D eigenvalue weighted by Crippen LogP contribution is -2.53. The van der Waals surface area contributed by atoms with Crippen LogP contribution in [0.15, 0.2) is 43.0 Å². The molecule has 1 N–H and O–H groups in total. The molecule has 0 spiro atoms. The van der Waals surface area contributed by atoms with E-state index in [4.69, 9.17) is 4.74 Å². The summed E-state index contributed by atoms with van der Waals surface area (Å²) in [5.74, 6) is 0. The molecule has 2 aromatic rings. The molecule has 2 unspecified atom stereocenters. The van der Waals surface area contributed by atoms with Gasteiger partial charge in [-0.25, -0.2) is 0 Å². The molecule has 2 atom stereocenters. The summed E-state index contributed by atoms with van der Waals surface area (Å²) in [6.07, 6.45) is -3.17. The number of rotatable bonds is 5. The Labute approximate surface area is 164 Å². The number of hydrogen-bond donors (Lipinski definition) is 1. The first-order chi connectivity index (χ1) is 13.0. The number of fused-ring (bicyclic) bond motifs is 1. The van der Waals surface area contributed by atoms with Gasteiger partial charge in [-0.1, -0.05) is 61.4 Å². The SMILES string of the molecule is C=C(C)c1ccc(C2(OC(C)C(C)(O)C(F)(F)F)CCCC2)c2ccccc12. The first-order valence-electron chi connectivity index (χ1n) is 9.65. The third-order valence-corrected chi connectivity index (χ3v) is 6.05. The lowest BCUT2D eigenvalue weighted by Gasteiger charge is -2.40. The van der Waals surface area contributed by atoms with Crippen molar-refractivity contribution in [3.8, 4) is 0 Å². The maximum Gasteiger partial charge on any atom is 0.419 e. The predicted molar refractivity (Wildman–Crippen MR) is 106 cm³/mol. The van der Waals surface area contributed by atoms with Gasteiger partial charge in [0.25, 0.3) is 0 Å². The molecule has 2 aromatic carbocycles. The molecule has 1 saturated carbocycles. The summed E-state index contributed by atoms with van der Waals surface area (Å²) in [5, 5.41) is 12.1. The van der Waals surface area contributed by atoms with E-state index < -0.39 is 23.5 Å². The molecule has 0 aromatic heterocycles. The maximum absolute atomic E-state index is 13.3. The number of halogens is 3. The topological polar surface area (TPSA) is 29.5 Å². The molecule has 5 heteroatoms. The van der Waals surface area contributed by atoms with E-state index in [-0.39, 0.29) is 0 Å². The Morgan fingerprint density at radius 1 is 1.11 bits per heavy atom. The molecule has 2 nitrogen and oxygen atoms in total. The molecule has 0 radical (unpaired) electrons. The lowest BCUT2D eigenvalue weighted by atomic mass is 9.84. The van der Waals surface area contributed by atoms with Crippen LogP contribution >= 0.6 is 0 Å². The fourth-order valence-corrected chi connectivity index (χ4v) is 4.15. The van der Waals surface area contributed by atoms with E-state index in [0.29, 0.717) is 12.8 Å². The molecule has 1 aliphatic rings. The molecule has 0 amide bonds. The van der Waals surface area contributed by atoms with Gasteiger partial charge in [-0.05, 0) is 55.5 Å². The molecule has 0 bridgehead atoms. The molecule has 3 rings (SSSR count). The van der Waals surface area contributed by atoms with Crippen LogP contribution in [0.2, 0.25) is 0 Å². The molecule has 0 aliphatic heterocycles. The third-order valence-electron chi connectivity index (χ3n) is 6.05. The quantitative estimate of drug-likeness (QED) is 0.641. The maximum atomic E-state index is 13.3. The fourth-order valence-electron chi connectivity index (χ4n) is 4.15. The average Bonchev–Trinajstić information content (AvgIpc) is 3.09. The molecular weight excluding hydrogens is 365 g/mol. The zero-order valence-electron chi connectivity index (χ0n) is 16.6. The highest BCUT2D eigenvalue weighted by molar-refractivity contribution is 5.95. The highest BCUT2D eigenvalue weighted by atomic mass is 19.4. The van der Waals surface area contributed by atoms with E-state index in [9.17, 15) is 18.3 Å². The van der Waals surface area contributed by atoms with E-state index in [0.717, 1.165) is 47.2 Å². The van der Waals surface area contributed by atoms with Gasteiger partial charge in [-0.15, -0.1) is 0 Å². The van der Waals surface area contributed by atoms with Gasteiger partial charge < -0.3 is 9.84 Å². The Bertz CT molecular complexity index is 877. The first-order valence-corrected chi connectivity index (χ1v) is 9.65. The highest BCUT2D eigenvalue weighted by Crippen LogP contribution is 2.48. The van der Waals surface area contributed by atoms with Crippen molar-refractivity contribution in [1.82, 2.24) is 0 Å². The standard InChI is InChI=1S/C23H27F3O2/c1-15(2)17-11-12-20(19-10-6-5-9-18(17)19)22(13-7-8-14-22)28-16(3)21(4,27)23(24,25)26/h5-6,9-12,16,27H,1,7-8,13-14H2,2-4H3. The Morgan fingerprint density at radius 3 is 2.21 bits per heavy atom. The van der Waals surface area contributed by atoms with Crippen LogP contribution in [0.25, 0.3) is 16.3 Å². The molecule has 28 heavy (non-hydrogen) atoms. The zero-order valence-corrected chi connectivity index (χ0v) is 16.6. The minimum absolute atomic E-state index is 0.627. The number of hydrogen-bond acceptors (Lipinski definition) is 2. The van der Waals surface area contributed by atoms with Crippen molar-refractivity contribution in [2.75, 3.05) is 0 Å². The van der Waals surface area contributed by atoms with Crippen molar-refractivity contribution in [3.63, 3.8) is 0 Å². The summed E-state index contributed by atoms with van der Waals surface area (Å²) >= 11 is 0. The molecule has 0 saturated heterocycles. The van der Waals surface area contributed by atoms with Crippen molar-refractivity contribution < 1.29 is 23.0 Å². The van der Waals surface area contributed by atoms with E-state index in [1.807, 2.05) is 43.3 Å². The van der Waals surface area contributed by atoms with Crippen LogP contribution in [-0.2, 0) is 10.3 Å². The van der Waals surface area contributed by atoms with E-state index in [2.05, 4.69) is 6.58 Å². The van der Waals surface area contributed by atoms with Gasteiger partial charge in [0.15, 0.2) is 5.60 Å². The fraction of sp³-hybridized carbons (Fsp3) is 0.478. The first kappa shape index (κ1) is 20.9. The van der Waals surface area contributed by atoms with Crippen molar-refractivity contribution in [3.05, 3.63) is 54.1 Å². The van der Waals surface area contributed by atoms with Crippen LogP contribution in [0, 0.1) is 0 Å². The van der Waals surface area contributed by atoms with Gasteiger partial charge in [0.2, 0.25) is 0 Å². The summed E-state index contributed by atoms with van der Waals surface area (Å²) in [6, 6.07) is 11.8. The lowest BCUT2D eigenvalue weighted by molar-refractivity contribution is -0.300. The molecule has 1 aliphatic carbocycles. The van der Waals surface area contributed by atoms with Gasteiger partial charge >= 0.3 is 6.18 Å². The van der Waals surface area contributed by atoms with Crippen molar-refractivity contribution >= 4 is 16.3 Å². The second kappa shape index (κ2) is 7.20. The van der Waals surface area contributed by atoms with E-state index in [1.54, 1.807) is 0 Å². The highest BCUT2D eigenvalue weighted by Gasteiger charge is 2.56. The van der Waals surface area contributed by atoms with Crippen LogP contribution < -0.4 is 0 Å². The summed E-state index contributed by atoms with van der Waals surface area (Å²) in [5.41, 5.74) is -0.937. The number of ether oxygens (including phenoxy) is 1. The van der Waals surface area contributed by atoms with E-state index in [1.165, 1.54) is 6.92 Å². The predicted octanol–water partition coefficient (Wildman–Crippen LogP) is 6.36. The van der Waals surface area contributed by atoms with Crippen molar-refractivity contribution in [2.24, 2.45) is 0 Å². The number of allylic oxidation sites excluding steroid dienone is 1. The summed E-state index contributed by atoms with van der Waals surface area (Å²) in [4.78, 5) is 0. The van der Waals surface area contributed by atoms with Gasteiger partial charge in [0.1, 0.15) is 0 Å². The van der Waals surface area contributed by atoms with Crippen LogP contribution in [0.4, 0.5) is 13.2 Å². The normalized spacial score (nSPS) is 20.1. The summed E-state index contributed by atoms with van der Waals surface area (Å²) < 4.78 is 46.1. The Balaban J connectivity index is 2.11. The second-order valence-electron chi connectivity index (χ2n) is 8.09. The van der Waals surface area contributed by atoms with Gasteiger partial charge in [-0.3, -0.25) is 0 Å². The number of alkyl halides is 3. The smallest absolute Gasteiger partial charge is 0.379 e. The Hall–Kier alpha value is -1.85. The Kier molecular flexibility index (Phi) is 5.36. The van der Waals surface area contributed by atoms with Crippen molar-refractivity contribution in [1.29, 1.82) is 0 Å². The van der Waals surface area contributed by atoms with Gasteiger partial charge in [0, 0.05) is 0 Å². The van der Waals surface area contributed by atoms with Crippen LogP contribution in [-0.4, -0.2) is 23.0 Å². The zero-order chi connectivity index (χ0) is 20.7. The number of aliphatic hydroxyl groups is 1. The van der Waals surface area contributed by atoms with Gasteiger partial charge in [0.05, 0.1) is 11.7 Å². The Morgan fingerprint density at radius 2 is 1.68 bits per heavy atom. The third kappa shape index (κ3) is 3.46. The average molecular weight is 392 g/mol. The van der Waals surface area contributed by atoms with Gasteiger partial charge in [-0.2, -0.15) is 13.2 Å². The summed E-state index contributed by atoms with van der Waals surface area (Å²) in [6.45, 7) is 8.06. The molecule has 0 heterocycles. The monoisotopic (exact) mass is 392 g/mol. The summed E-state index contributed by atoms with van der Waals surface area (Å²) in [7, 11) is 0. The van der Waals surface area contributed by atoms with Crippen LogP contribution in [0.1, 0.15) is 57.6 Å². The second-order valence-corrected chi connectivity index (χ2v) is 8.09. The molecule has 152 valence electrons. The minimum Gasteiger partial charge on any atom is -0.379 e.